The van der Waals surface area contributed by atoms with E-state index in [1.54, 1.807) is 0 Å². The maximum Gasteiger partial charge on any atom is 0.241 e. The standard InChI is InChI=1S/C22H27ClN4O/c1-15-6-5-9-21(16(15)2)26-10-12-27(13-11-26)22(28)20-14-19(24-25-20)17-7-3-4-8-18(17)23/h3-9,19-20,24-25H,10-14H2,1-2H3. The van der Waals surface area contributed by atoms with Gasteiger partial charge in [0.25, 0.3) is 0 Å². The number of piperazine rings is 1. The molecule has 2 fully saturated rings. The van der Waals surface area contributed by atoms with Crippen LogP contribution < -0.4 is 15.8 Å². The molecule has 148 valence electrons. The summed E-state index contributed by atoms with van der Waals surface area (Å²) in [6.45, 7) is 7.55. The lowest BCUT2D eigenvalue weighted by Crippen LogP contribution is -2.53. The fraction of sp³-hybridized carbons (Fsp3) is 0.409. The highest BCUT2D eigenvalue weighted by molar-refractivity contribution is 6.31. The molecule has 0 radical (unpaired) electrons. The van der Waals surface area contributed by atoms with E-state index in [4.69, 9.17) is 11.6 Å². The van der Waals surface area contributed by atoms with E-state index >= 15 is 0 Å². The molecule has 2 N–H and O–H groups in total. The molecule has 0 bridgehead atoms. The van der Waals surface area contributed by atoms with Gasteiger partial charge in [-0.3, -0.25) is 4.79 Å². The van der Waals surface area contributed by atoms with Crippen molar-refractivity contribution in [3.63, 3.8) is 0 Å². The molecule has 0 saturated carbocycles. The minimum atomic E-state index is -0.214. The minimum absolute atomic E-state index is 0.0545. The molecule has 2 saturated heterocycles. The van der Waals surface area contributed by atoms with Crippen molar-refractivity contribution in [1.82, 2.24) is 15.8 Å². The number of hydrogen-bond acceptors (Lipinski definition) is 4. The molecule has 0 aliphatic carbocycles. The molecule has 2 atom stereocenters. The Kier molecular flexibility index (Phi) is 5.58. The summed E-state index contributed by atoms with van der Waals surface area (Å²) in [6.07, 6.45) is 0.708. The average molecular weight is 399 g/mol. The molecule has 0 aromatic heterocycles. The van der Waals surface area contributed by atoms with Crippen molar-refractivity contribution in [2.75, 3.05) is 31.1 Å². The fourth-order valence-corrected chi connectivity index (χ4v) is 4.41. The summed E-state index contributed by atoms with van der Waals surface area (Å²) in [7, 11) is 0. The summed E-state index contributed by atoms with van der Waals surface area (Å²) in [5.41, 5.74) is 11.4. The summed E-state index contributed by atoms with van der Waals surface area (Å²) in [5, 5.41) is 0.733. The lowest BCUT2D eigenvalue weighted by molar-refractivity contribution is -0.133. The first-order valence-electron chi connectivity index (χ1n) is 9.90. The van der Waals surface area contributed by atoms with Crippen LogP contribution in [0.15, 0.2) is 42.5 Å². The van der Waals surface area contributed by atoms with Crippen LogP contribution in [0, 0.1) is 13.8 Å². The van der Waals surface area contributed by atoms with Gasteiger partial charge in [0.2, 0.25) is 5.91 Å². The van der Waals surface area contributed by atoms with Crippen molar-refractivity contribution in [2.45, 2.75) is 32.4 Å². The monoisotopic (exact) mass is 398 g/mol. The summed E-state index contributed by atoms with van der Waals surface area (Å²) >= 11 is 6.31. The third-order valence-electron chi connectivity index (χ3n) is 5.99. The Bertz CT molecular complexity index is 863. The van der Waals surface area contributed by atoms with Gasteiger partial charge in [-0.1, -0.05) is 41.9 Å². The molecule has 1 amide bonds. The van der Waals surface area contributed by atoms with Gasteiger partial charge >= 0.3 is 0 Å². The number of rotatable bonds is 3. The van der Waals surface area contributed by atoms with Crippen LogP contribution in [-0.4, -0.2) is 43.0 Å². The highest BCUT2D eigenvalue weighted by Gasteiger charge is 2.34. The van der Waals surface area contributed by atoms with Gasteiger partial charge in [-0.05, 0) is 49.1 Å². The molecule has 5 nitrogen and oxygen atoms in total. The van der Waals surface area contributed by atoms with Crippen LogP contribution in [0.4, 0.5) is 5.69 Å². The molecule has 28 heavy (non-hydrogen) atoms. The molecular weight excluding hydrogens is 372 g/mol. The molecule has 2 aliphatic heterocycles. The van der Waals surface area contributed by atoms with Crippen molar-refractivity contribution in [3.8, 4) is 0 Å². The zero-order valence-corrected chi connectivity index (χ0v) is 17.2. The van der Waals surface area contributed by atoms with Crippen molar-refractivity contribution in [3.05, 3.63) is 64.2 Å². The Morgan fingerprint density at radius 3 is 2.50 bits per heavy atom. The van der Waals surface area contributed by atoms with Crippen LogP contribution in [0.3, 0.4) is 0 Å². The number of nitrogens with zero attached hydrogens (tertiary/aromatic N) is 2. The van der Waals surface area contributed by atoms with Crippen LogP contribution in [-0.2, 0) is 4.79 Å². The molecule has 4 rings (SSSR count). The first-order valence-corrected chi connectivity index (χ1v) is 10.3. The van der Waals surface area contributed by atoms with E-state index in [0.717, 1.165) is 36.8 Å². The van der Waals surface area contributed by atoms with E-state index in [2.05, 4.69) is 47.8 Å². The highest BCUT2D eigenvalue weighted by Crippen LogP contribution is 2.29. The lowest BCUT2D eigenvalue weighted by atomic mass is 10.0. The maximum atomic E-state index is 13.0. The van der Waals surface area contributed by atoms with Gasteiger partial charge in [-0.2, -0.15) is 0 Å². The van der Waals surface area contributed by atoms with Gasteiger partial charge in [0.05, 0.1) is 0 Å². The van der Waals surface area contributed by atoms with Gasteiger partial charge in [0.1, 0.15) is 6.04 Å². The topological polar surface area (TPSA) is 47.6 Å². The van der Waals surface area contributed by atoms with Crippen LogP contribution >= 0.6 is 11.6 Å². The summed E-state index contributed by atoms with van der Waals surface area (Å²) in [6, 6.07) is 14.1. The fourth-order valence-electron chi connectivity index (χ4n) is 4.15. The van der Waals surface area contributed by atoms with E-state index in [-0.39, 0.29) is 18.0 Å². The summed E-state index contributed by atoms with van der Waals surface area (Å²) < 4.78 is 0. The van der Waals surface area contributed by atoms with Crippen molar-refractivity contribution in [2.24, 2.45) is 0 Å². The number of carbonyl (C=O) groups is 1. The Hall–Kier alpha value is -2.08. The van der Waals surface area contributed by atoms with Gasteiger partial charge < -0.3 is 9.80 Å². The van der Waals surface area contributed by atoms with Crippen LogP contribution in [0.25, 0.3) is 0 Å². The number of hydrazine groups is 1. The quantitative estimate of drug-likeness (QED) is 0.833. The molecule has 2 heterocycles. The van der Waals surface area contributed by atoms with Gasteiger partial charge in [0.15, 0.2) is 0 Å². The van der Waals surface area contributed by atoms with Crippen molar-refractivity contribution in [1.29, 1.82) is 0 Å². The zero-order chi connectivity index (χ0) is 19.7. The van der Waals surface area contributed by atoms with Gasteiger partial charge in [0, 0.05) is 42.9 Å². The van der Waals surface area contributed by atoms with Crippen LogP contribution in [0.1, 0.15) is 29.2 Å². The smallest absolute Gasteiger partial charge is 0.241 e. The summed E-state index contributed by atoms with van der Waals surface area (Å²) in [5.74, 6) is 0.169. The number of anilines is 1. The number of carbonyl (C=O) groups excluding carboxylic acids is 1. The van der Waals surface area contributed by atoms with Crippen molar-refractivity contribution < 1.29 is 4.79 Å². The Morgan fingerprint density at radius 2 is 1.75 bits per heavy atom. The third-order valence-corrected chi connectivity index (χ3v) is 6.33. The molecular formula is C22H27ClN4O. The maximum absolute atomic E-state index is 13.0. The van der Waals surface area contributed by atoms with Crippen LogP contribution in [0.5, 0.6) is 0 Å². The van der Waals surface area contributed by atoms with Gasteiger partial charge in [-0.15, -0.1) is 0 Å². The van der Waals surface area contributed by atoms with E-state index in [9.17, 15) is 4.79 Å². The van der Waals surface area contributed by atoms with Crippen molar-refractivity contribution >= 4 is 23.2 Å². The largest absolute Gasteiger partial charge is 0.368 e. The van der Waals surface area contributed by atoms with E-state index in [1.807, 2.05) is 29.2 Å². The summed E-state index contributed by atoms with van der Waals surface area (Å²) in [4.78, 5) is 17.4. The Morgan fingerprint density at radius 1 is 1.00 bits per heavy atom. The first-order chi connectivity index (χ1) is 13.5. The normalized spacial score (nSPS) is 22.5. The number of benzene rings is 2. The third kappa shape index (κ3) is 3.75. The van der Waals surface area contributed by atoms with E-state index in [1.165, 1.54) is 16.8 Å². The average Bonchev–Trinajstić information content (AvgIpc) is 3.20. The zero-order valence-electron chi connectivity index (χ0n) is 16.4. The highest BCUT2D eigenvalue weighted by atomic mass is 35.5. The predicted octanol–water partition coefficient (Wildman–Crippen LogP) is 3.21. The number of aryl methyl sites for hydroxylation is 1. The minimum Gasteiger partial charge on any atom is -0.368 e. The Labute approximate surface area is 171 Å². The molecule has 2 aromatic rings. The number of halogens is 1. The molecule has 6 heteroatoms. The lowest BCUT2D eigenvalue weighted by Gasteiger charge is -2.38. The SMILES string of the molecule is Cc1cccc(N2CCN(C(=O)C3CC(c4ccccc4Cl)NN3)CC2)c1C. The first kappa shape index (κ1) is 19.2. The molecule has 0 spiro atoms. The predicted molar refractivity (Wildman–Crippen MR) is 114 cm³/mol. The second-order valence-corrected chi connectivity index (χ2v) is 8.09. The number of amides is 1. The number of nitrogens with one attached hydrogen (secondary N) is 2. The number of hydrogen-bond donors (Lipinski definition) is 2. The molecule has 2 unspecified atom stereocenters. The second kappa shape index (κ2) is 8.11. The van der Waals surface area contributed by atoms with E-state index in [0.29, 0.717) is 6.42 Å². The van der Waals surface area contributed by atoms with E-state index < -0.39 is 0 Å². The Balaban J connectivity index is 1.36. The molecule has 2 aliphatic rings. The molecule has 2 aromatic carbocycles. The van der Waals surface area contributed by atoms with Gasteiger partial charge in [-0.25, -0.2) is 10.9 Å². The van der Waals surface area contributed by atoms with Crippen LogP contribution in [0.2, 0.25) is 5.02 Å². The second-order valence-electron chi connectivity index (χ2n) is 7.68.